The molecule has 2 aromatic rings. The van der Waals surface area contributed by atoms with Gasteiger partial charge >= 0.3 is 0 Å². The Morgan fingerprint density at radius 3 is 2.37 bits per heavy atom. The minimum atomic E-state index is -1.22. The fourth-order valence-electron chi connectivity index (χ4n) is 4.57. The van der Waals surface area contributed by atoms with Gasteiger partial charge in [0, 0.05) is 36.0 Å². The first-order valence-corrected chi connectivity index (χ1v) is 11.5. The summed E-state index contributed by atoms with van der Waals surface area (Å²) in [7, 11) is 2.81. The molecule has 9 nitrogen and oxygen atoms in total. The van der Waals surface area contributed by atoms with Gasteiger partial charge < -0.3 is 30.7 Å². The van der Waals surface area contributed by atoms with Crippen molar-refractivity contribution >= 4 is 23.3 Å². The van der Waals surface area contributed by atoms with Gasteiger partial charge in [0.25, 0.3) is 0 Å². The molecule has 0 aromatic heterocycles. The second-order valence-corrected chi connectivity index (χ2v) is 8.48. The fourth-order valence-corrected chi connectivity index (χ4v) is 4.57. The summed E-state index contributed by atoms with van der Waals surface area (Å²) in [6.07, 6.45) is 2.56. The lowest BCUT2D eigenvalue weighted by atomic mass is 10.0. The summed E-state index contributed by atoms with van der Waals surface area (Å²) < 4.78 is 38.7. The van der Waals surface area contributed by atoms with Gasteiger partial charge in [0.05, 0.1) is 14.2 Å². The molecule has 11 heteroatoms. The maximum absolute atomic E-state index is 14.5. The Balaban J connectivity index is 1.68. The molecular formula is C24H31F2N7O2. The van der Waals surface area contributed by atoms with Crippen LogP contribution in [0.5, 0.6) is 11.5 Å². The summed E-state index contributed by atoms with van der Waals surface area (Å²) in [5, 5.41) is 9.24. The lowest BCUT2D eigenvalue weighted by molar-refractivity contribution is 0.224. The summed E-state index contributed by atoms with van der Waals surface area (Å²) in [4.78, 5) is 11.8. The number of guanidine groups is 2. The van der Waals surface area contributed by atoms with E-state index in [0.717, 1.165) is 25.9 Å². The number of nitrogens with zero attached hydrogens (tertiary/aromatic N) is 3. The highest BCUT2D eigenvalue weighted by molar-refractivity contribution is 6.06. The maximum atomic E-state index is 14.5. The second-order valence-electron chi connectivity index (χ2n) is 8.48. The average molecular weight is 488 g/mol. The van der Waals surface area contributed by atoms with Crippen LogP contribution in [0, 0.1) is 11.6 Å². The second kappa shape index (κ2) is 10.3. The number of hydrogen-bond acceptors (Lipinski definition) is 9. The van der Waals surface area contributed by atoms with Crippen LogP contribution in [-0.4, -0.2) is 56.0 Å². The minimum Gasteiger partial charge on any atom is -0.494 e. The summed E-state index contributed by atoms with van der Waals surface area (Å²) in [5.41, 5.74) is 7.10. The number of nitrogens with two attached hydrogens (primary N) is 1. The maximum Gasteiger partial charge on any atom is 0.233 e. The molecule has 2 heterocycles. The molecule has 4 rings (SSSR count). The van der Waals surface area contributed by atoms with Gasteiger partial charge in [-0.3, -0.25) is 5.32 Å². The number of likely N-dealkylation sites (tertiary alicyclic amines) is 1. The zero-order chi connectivity index (χ0) is 25.0. The van der Waals surface area contributed by atoms with Crippen molar-refractivity contribution in [2.75, 3.05) is 37.9 Å². The summed E-state index contributed by atoms with van der Waals surface area (Å²) in [6, 6.07) is 9.26. The molecule has 0 spiro atoms. The third kappa shape index (κ3) is 5.56. The van der Waals surface area contributed by atoms with E-state index in [1.165, 1.54) is 38.5 Å². The molecule has 5 N–H and O–H groups in total. The van der Waals surface area contributed by atoms with E-state index in [1.807, 2.05) is 0 Å². The first-order valence-electron chi connectivity index (χ1n) is 11.5. The SMILES string of the molecule is CCN1CCCC1CC1(Nc2ccc(OC)c(F)c2)N=C(N)NC(Nc2ccc(OC)c(F)c2)=N1. The molecule has 2 aliphatic rings. The number of aliphatic imine (C=N–C) groups is 2. The van der Waals surface area contributed by atoms with Crippen LogP contribution < -0.4 is 31.2 Å². The average Bonchev–Trinajstić information content (AvgIpc) is 3.25. The molecule has 2 aromatic carbocycles. The van der Waals surface area contributed by atoms with Crippen molar-refractivity contribution in [3.63, 3.8) is 0 Å². The lowest BCUT2D eigenvalue weighted by Gasteiger charge is -2.36. The Hall–Kier alpha value is -3.60. The van der Waals surface area contributed by atoms with Crippen LogP contribution in [0.3, 0.4) is 0 Å². The molecule has 2 atom stereocenters. The van der Waals surface area contributed by atoms with Gasteiger partial charge in [0.1, 0.15) is 0 Å². The zero-order valence-corrected chi connectivity index (χ0v) is 20.1. The van der Waals surface area contributed by atoms with Crippen molar-refractivity contribution in [3.8, 4) is 11.5 Å². The fraction of sp³-hybridized carbons (Fsp3) is 0.417. The van der Waals surface area contributed by atoms with E-state index in [-0.39, 0.29) is 29.5 Å². The van der Waals surface area contributed by atoms with Crippen molar-refractivity contribution in [3.05, 3.63) is 48.0 Å². The number of nitrogens with one attached hydrogen (secondary N) is 3. The zero-order valence-electron chi connectivity index (χ0n) is 20.1. The third-order valence-electron chi connectivity index (χ3n) is 6.19. The number of halogens is 2. The van der Waals surface area contributed by atoms with E-state index in [4.69, 9.17) is 20.2 Å². The van der Waals surface area contributed by atoms with Gasteiger partial charge in [-0.1, -0.05) is 6.92 Å². The smallest absolute Gasteiger partial charge is 0.233 e. The van der Waals surface area contributed by atoms with E-state index in [0.29, 0.717) is 17.8 Å². The highest BCUT2D eigenvalue weighted by Crippen LogP contribution is 2.33. The van der Waals surface area contributed by atoms with E-state index in [9.17, 15) is 8.78 Å². The molecule has 2 aliphatic heterocycles. The standard InChI is InChI=1S/C24H31F2N7O2/c1-4-33-11-5-6-17(33)14-24(30-16-8-10-21(35-3)19(26)13-16)31-22(27)29-23(32-24)28-15-7-9-20(34-2)18(25)12-15/h7-10,12-13,17,30H,4-6,11,14H2,1-3H3,(H4,27,28,29,31,32). The molecular weight excluding hydrogens is 456 g/mol. The molecule has 0 radical (unpaired) electrons. The topological polar surface area (TPSA) is 109 Å². The summed E-state index contributed by atoms with van der Waals surface area (Å²) in [5.74, 6) is -1.56. The molecule has 2 unspecified atom stereocenters. The van der Waals surface area contributed by atoms with Crippen LogP contribution in [0.25, 0.3) is 0 Å². The highest BCUT2D eigenvalue weighted by atomic mass is 19.1. The van der Waals surface area contributed by atoms with Crippen molar-refractivity contribution < 1.29 is 18.3 Å². The molecule has 1 saturated heterocycles. The number of benzene rings is 2. The summed E-state index contributed by atoms with van der Waals surface area (Å²) in [6.45, 7) is 4.01. The van der Waals surface area contributed by atoms with Crippen LogP contribution >= 0.6 is 0 Å². The van der Waals surface area contributed by atoms with Gasteiger partial charge in [0.2, 0.25) is 11.7 Å². The quantitative estimate of drug-likeness (QED) is 0.452. The van der Waals surface area contributed by atoms with Gasteiger partial charge in [-0.05, 0) is 50.2 Å². The molecule has 188 valence electrons. The van der Waals surface area contributed by atoms with Crippen LogP contribution in [0.1, 0.15) is 26.2 Å². The Labute approximate surface area is 203 Å². The largest absolute Gasteiger partial charge is 0.494 e. The van der Waals surface area contributed by atoms with E-state index in [1.54, 1.807) is 12.1 Å². The summed E-state index contributed by atoms with van der Waals surface area (Å²) >= 11 is 0. The Kier molecular flexibility index (Phi) is 7.25. The first-order chi connectivity index (χ1) is 16.8. The molecule has 1 fully saturated rings. The number of hydrogen-bond donors (Lipinski definition) is 4. The van der Waals surface area contributed by atoms with E-state index in [2.05, 4.69) is 32.8 Å². The number of methoxy groups -OCH3 is 2. The predicted molar refractivity (Wildman–Crippen MR) is 133 cm³/mol. The lowest BCUT2D eigenvalue weighted by Crippen LogP contribution is -2.53. The molecule has 0 bridgehead atoms. The Bertz CT molecular complexity index is 1130. The first kappa shape index (κ1) is 24.5. The Morgan fingerprint density at radius 2 is 1.74 bits per heavy atom. The Morgan fingerprint density at radius 1 is 1.09 bits per heavy atom. The number of rotatable bonds is 8. The predicted octanol–water partition coefficient (Wildman–Crippen LogP) is 3.31. The van der Waals surface area contributed by atoms with Crippen molar-refractivity contribution in [2.45, 2.75) is 38.0 Å². The monoisotopic (exact) mass is 487 g/mol. The normalized spacial score (nSPS) is 22.1. The van der Waals surface area contributed by atoms with Crippen LogP contribution in [-0.2, 0) is 0 Å². The van der Waals surface area contributed by atoms with Crippen molar-refractivity contribution in [1.82, 2.24) is 10.2 Å². The van der Waals surface area contributed by atoms with Crippen molar-refractivity contribution in [2.24, 2.45) is 15.7 Å². The van der Waals surface area contributed by atoms with Gasteiger partial charge in [0.15, 0.2) is 29.1 Å². The molecule has 0 saturated carbocycles. The van der Waals surface area contributed by atoms with Gasteiger partial charge in [-0.15, -0.1) is 0 Å². The third-order valence-corrected chi connectivity index (χ3v) is 6.19. The number of ether oxygens (including phenoxy) is 2. The molecule has 0 aliphatic carbocycles. The molecule has 35 heavy (non-hydrogen) atoms. The van der Waals surface area contributed by atoms with Gasteiger partial charge in [-0.25, -0.2) is 18.8 Å². The van der Waals surface area contributed by atoms with Crippen molar-refractivity contribution in [1.29, 1.82) is 0 Å². The number of anilines is 2. The highest BCUT2D eigenvalue weighted by Gasteiger charge is 2.39. The van der Waals surface area contributed by atoms with Crippen LogP contribution in [0.4, 0.5) is 20.2 Å². The van der Waals surface area contributed by atoms with E-state index >= 15 is 0 Å². The molecule has 0 amide bonds. The minimum absolute atomic E-state index is 0.124. The van der Waals surface area contributed by atoms with E-state index < -0.39 is 17.4 Å². The van der Waals surface area contributed by atoms with Crippen LogP contribution in [0.15, 0.2) is 46.4 Å². The van der Waals surface area contributed by atoms with Gasteiger partial charge in [-0.2, -0.15) is 0 Å². The van der Waals surface area contributed by atoms with Crippen LogP contribution in [0.2, 0.25) is 0 Å².